The number of carbonyl (C=O) groups excluding carboxylic acids is 2. The zero-order valence-electron chi connectivity index (χ0n) is 37.0. The Labute approximate surface area is 361 Å². The molecule has 15 heteroatoms. The van der Waals surface area contributed by atoms with Gasteiger partial charge in [0.1, 0.15) is 36.0 Å². The monoisotopic (exact) mass is 852 g/mol. The lowest BCUT2D eigenvalue weighted by Crippen LogP contribution is -2.39. The van der Waals surface area contributed by atoms with Crippen LogP contribution in [0.25, 0.3) is 32.9 Å². The first kappa shape index (κ1) is 43.1. The Morgan fingerprint density at radius 1 is 1.00 bits per heavy atom. The highest BCUT2D eigenvalue weighted by Crippen LogP contribution is 2.53. The van der Waals surface area contributed by atoms with Crippen molar-refractivity contribution in [1.82, 2.24) is 24.6 Å². The minimum atomic E-state index is -0.625. The van der Waals surface area contributed by atoms with Gasteiger partial charge in [-0.25, -0.2) is 18.7 Å². The molecule has 14 nitrogen and oxygen atoms in total. The number of hydrogen-bond acceptors (Lipinski definition) is 12. The molecule has 2 aromatic heterocycles. The number of hydrogen-bond donors (Lipinski definition) is 0. The third-order valence-corrected chi connectivity index (χ3v) is 12.0. The van der Waals surface area contributed by atoms with Crippen molar-refractivity contribution in [2.45, 2.75) is 110 Å². The van der Waals surface area contributed by atoms with Crippen molar-refractivity contribution in [3.8, 4) is 22.9 Å². The highest BCUT2D eigenvalue weighted by Gasteiger charge is 2.37. The number of amides is 1. The number of halogens is 1. The van der Waals surface area contributed by atoms with E-state index in [1.807, 2.05) is 57.8 Å². The molecule has 2 aliphatic heterocycles. The van der Waals surface area contributed by atoms with Gasteiger partial charge >= 0.3 is 18.1 Å². The fourth-order valence-electron chi connectivity index (χ4n) is 8.39. The fourth-order valence-corrected chi connectivity index (χ4v) is 8.39. The van der Waals surface area contributed by atoms with Gasteiger partial charge in [0, 0.05) is 67.9 Å². The van der Waals surface area contributed by atoms with E-state index in [0.717, 1.165) is 59.6 Å². The van der Waals surface area contributed by atoms with Gasteiger partial charge in [0.2, 0.25) is 0 Å². The maximum Gasteiger partial charge on any atom is 0.410 e. The molecule has 0 bridgehead atoms. The van der Waals surface area contributed by atoms with Crippen LogP contribution < -0.4 is 14.4 Å². The SMILES string of the molecule is COC(=O)c1ccc(COc2c(-c3c(C)c(F)cc4c3cnn4C3CCCCO3)c(C3CC3)cc3c(N(C)[C@H]4CCN(C(=O)OC(C)(C)C)C4)nc(OC[C@H](C)OC)nc23)cc1. The van der Waals surface area contributed by atoms with Crippen molar-refractivity contribution in [2.24, 2.45) is 0 Å². The first-order valence-electron chi connectivity index (χ1n) is 21.6. The van der Waals surface area contributed by atoms with Gasteiger partial charge in [-0.2, -0.15) is 15.1 Å². The zero-order chi connectivity index (χ0) is 43.9. The number of likely N-dealkylation sites (tertiary alicyclic amines) is 1. The molecule has 2 saturated heterocycles. The van der Waals surface area contributed by atoms with Crippen LogP contribution in [-0.4, -0.2) is 102 Å². The number of nitrogens with zero attached hydrogens (tertiary/aromatic N) is 6. The number of esters is 1. The first-order valence-corrected chi connectivity index (χ1v) is 21.6. The molecule has 4 heterocycles. The molecule has 3 atom stereocenters. The minimum absolute atomic E-state index is 0.101. The molecule has 3 aliphatic rings. The van der Waals surface area contributed by atoms with E-state index < -0.39 is 11.6 Å². The smallest absolute Gasteiger partial charge is 0.410 e. The molecule has 0 radical (unpaired) electrons. The van der Waals surface area contributed by atoms with Crippen molar-refractivity contribution < 1.29 is 42.4 Å². The van der Waals surface area contributed by atoms with Crippen LogP contribution in [0.5, 0.6) is 11.8 Å². The summed E-state index contributed by atoms with van der Waals surface area (Å²) >= 11 is 0. The lowest BCUT2D eigenvalue weighted by atomic mass is 9.88. The number of ether oxygens (including phenoxy) is 6. The molecule has 0 spiro atoms. The Hall–Kier alpha value is -5.54. The molecule has 1 saturated carbocycles. The van der Waals surface area contributed by atoms with Crippen LogP contribution in [-0.2, 0) is 25.6 Å². The van der Waals surface area contributed by atoms with Gasteiger partial charge in [0.15, 0.2) is 12.0 Å². The Balaban J connectivity index is 1.33. The average Bonchev–Trinajstić information content (AvgIpc) is 3.84. The van der Waals surface area contributed by atoms with Crippen LogP contribution in [0.3, 0.4) is 0 Å². The topological polar surface area (TPSA) is 140 Å². The van der Waals surface area contributed by atoms with Gasteiger partial charge in [-0.3, -0.25) is 0 Å². The van der Waals surface area contributed by atoms with E-state index in [4.69, 9.17) is 43.5 Å². The summed E-state index contributed by atoms with van der Waals surface area (Å²) < 4.78 is 54.0. The van der Waals surface area contributed by atoms with Crippen LogP contribution >= 0.6 is 0 Å². The predicted molar refractivity (Wildman–Crippen MR) is 232 cm³/mol. The molecule has 330 valence electrons. The predicted octanol–water partition coefficient (Wildman–Crippen LogP) is 8.90. The zero-order valence-corrected chi connectivity index (χ0v) is 37.0. The van der Waals surface area contributed by atoms with Crippen LogP contribution in [0.15, 0.2) is 42.6 Å². The van der Waals surface area contributed by atoms with E-state index in [-0.39, 0.29) is 55.4 Å². The van der Waals surface area contributed by atoms with E-state index in [1.54, 1.807) is 37.1 Å². The number of methoxy groups -OCH3 is 2. The quantitative estimate of drug-likeness (QED) is 0.105. The number of benzene rings is 3. The van der Waals surface area contributed by atoms with E-state index in [0.29, 0.717) is 65.4 Å². The van der Waals surface area contributed by atoms with Crippen LogP contribution in [0.1, 0.15) is 105 Å². The van der Waals surface area contributed by atoms with E-state index in [2.05, 4.69) is 11.0 Å². The van der Waals surface area contributed by atoms with Crippen LogP contribution in [0, 0.1) is 12.7 Å². The van der Waals surface area contributed by atoms with Crippen LogP contribution in [0.4, 0.5) is 15.0 Å². The fraction of sp³-hybridized carbons (Fsp3) is 0.511. The van der Waals surface area contributed by atoms with Crippen LogP contribution in [0.2, 0.25) is 0 Å². The standard InChI is InChI=1S/C47H57FN6O8/c1-27(57-7)25-61-45-50-41-34(43(51-45)52(6)32-18-19-53(24-32)46(56)62-47(3,4)5)21-33(30-16-17-30)40(42(41)60-26-29-12-14-31(15-13-29)44(55)58-8)39-28(2)36(48)22-37-35(39)23-49-54(37)38-11-9-10-20-59-38/h12-15,21-23,27,30,32,38H,9-11,16-20,24-26H2,1-8H3/t27-,32-,38?/m0/s1. The van der Waals surface area contributed by atoms with E-state index in [1.165, 1.54) is 7.11 Å². The second kappa shape index (κ2) is 17.7. The molecule has 8 rings (SSSR count). The lowest BCUT2D eigenvalue weighted by molar-refractivity contribution is -0.0366. The van der Waals surface area contributed by atoms with Crippen molar-refractivity contribution in [3.63, 3.8) is 0 Å². The summed E-state index contributed by atoms with van der Waals surface area (Å²) in [6.07, 6.45) is 6.20. The molecule has 1 aliphatic carbocycles. The van der Waals surface area contributed by atoms with E-state index >= 15 is 4.39 Å². The molecule has 62 heavy (non-hydrogen) atoms. The molecular weight excluding hydrogens is 796 g/mol. The first-order chi connectivity index (χ1) is 29.7. The summed E-state index contributed by atoms with van der Waals surface area (Å²) in [6.45, 7) is 11.1. The van der Waals surface area contributed by atoms with E-state index in [9.17, 15) is 9.59 Å². The van der Waals surface area contributed by atoms with Gasteiger partial charge in [-0.1, -0.05) is 12.1 Å². The molecule has 1 amide bonds. The highest BCUT2D eigenvalue weighted by atomic mass is 19.1. The van der Waals surface area contributed by atoms with Crippen molar-refractivity contribution in [3.05, 3.63) is 70.7 Å². The number of anilines is 1. The molecule has 5 aromatic rings. The second-order valence-electron chi connectivity index (χ2n) is 17.7. The van der Waals surface area contributed by atoms with Gasteiger partial charge in [0.05, 0.1) is 30.5 Å². The van der Waals surface area contributed by atoms with Gasteiger partial charge in [-0.05, 0) is 114 Å². The third-order valence-electron chi connectivity index (χ3n) is 12.0. The molecule has 1 unspecified atom stereocenters. The van der Waals surface area contributed by atoms with Crippen molar-refractivity contribution >= 4 is 39.7 Å². The normalized spacial score (nSPS) is 18.6. The largest absolute Gasteiger partial charge is 0.486 e. The minimum Gasteiger partial charge on any atom is -0.486 e. The molecule has 0 N–H and O–H groups in total. The Morgan fingerprint density at radius 2 is 1.77 bits per heavy atom. The van der Waals surface area contributed by atoms with Gasteiger partial charge < -0.3 is 38.2 Å². The summed E-state index contributed by atoms with van der Waals surface area (Å²) in [4.78, 5) is 39.5. The Morgan fingerprint density at radius 3 is 2.45 bits per heavy atom. The van der Waals surface area contributed by atoms with Crippen molar-refractivity contribution in [2.75, 3.05) is 52.5 Å². The molecule has 3 fully saturated rings. The Kier molecular flexibility index (Phi) is 12.3. The second-order valence-corrected chi connectivity index (χ2v) is 17.7. The average molecular weight is 853 g/mol. The summed E-state index contributed by atoms with van der Waals surface area (Å²) in [5.74, 6) is 0.411. The lowest BCUT2D eigenvalue weighted by Gasteiger charge is -2.29. The maximum atomic E-state index is 16.5. The number of fused-ring (bicyclic) bond motifs is 2. The summed E-state index contributed by atoms with van der Waals surface area (Å²) in [5.41, 5.74) is 4.56. The highest BCUT2D eigenvalue weighted by molar-refractivity contribution is 6.06. The van der Waals surface area contributed by atoms with Gasteiger partial charge in [-0.15, -0.1) is 0 Å². The maximum absolute atomic E-state index is 16.5. The summed E-state index contributed by atoms with van der Waals surface area (Å²) in [7, 11) is 4.94. The number of rotatable bonds is 13. The molecule has 3 aromatic carbocycles. The molecular formula is C47H57FN6O8. The summed E-state index contributed by atoms with van der Waals surface area (Å²) in [6, 6.07) is 10.8. The number of likely N-dealkylation sites (N-methyl/N-ethyl adjacent to an activating group) is 1. The Bertz CT molecular complexity index is 2460. The van der Waals surface area contributed by atoms with Crippen molar-refractivity contribution in [1.29, 1.82) is 0 Å². The number of carbonyl (C=O) groups is 2. The van der Waals surface area contributed by atoms with Gasteiger partial charge in [0.25, 0.3) is 0 Å². The summed E-state index contributed by atoms with van der Waals surface area (Å²) in [5, 5.41) is 6.33. The number of aromatic nitrogens is 4. The third kappa shape index (κ3) is 8.87.